The van der Waals surface area contributed by atoms with Crippen LogP contribution in [0, 0.1) is 0 Å². The molecule has 0 fully saturated rings. The van der Waals surface area contributed by atoms with Gasteiger partial charge in [-0.3, -0.25) is 19.6 Å². The van der Waals surface area contributed by atoms with Gasteiger partial charge in [0.25, 0.3) is 5.91 Å². The molecular weight excluding hydrogens is 374 g/mol. The average molecular weight is 393 g/mol. The summed E-state index contributed by atoms with van der Waals surface area (Å²) in [5, 5.41) is 3.26. The van der Waals surface area contributed by atoms with Crippen LogP contribution in [0.5, 0.6) is 11.5 Å². The number of methoxy groups -OCH3 is 1. The third kappa shape index (κ3) is 3.49. The number of nitrogens with one attached hydrogen (secondary N) is 1. The Kier molecular flexibility index (Phi) is 4.86. The second kappa shape index (κ2) is 7.63. The molecule has 3 heterocycles. The van der Waals surface area contributed by atoms with Crippen LogP contribution in [-0.4, -0.2) is 54.2 Å². The molecule has 2 aliphatic rings. The summed E-state index contributed by atoms with van der Waals surface area (Å²) in [6.07, 6.45) is 4.64. The van der Waals surface area contributed by atoms with E-state index in [1.807, 2.05) is 11.0 Å². The summed E-state index contributed by atoms with van der Waals surface area (Å²) < 4.78 is 11.0. The van der Waals surface area contributed by atoms with Crippen molar-refractivity contribution < 1.29 is 19.1 Å². The van der Waals surface area contributed by atoms with Crippen LogP contribution in [0.2, 0.25) is 0 Å². The van der Waals surface area contributed by atoms with Gasteiger partial charge in [0, 0.05) is 36.1 Å². The number of anilines is 1. The zero-order valence-electron chi connectivity index (χ0n) is 15.7. The number of benzene rings is 1. The Morgan fingerprint density at radius 3 is 2.93 bits per heavy atom. The fourth-order valence-corrected chi connectivity index (χ4v) is 3.28. The summed E-state index contributed by atoms with van der Waals surface area (Å²) in [4.78, 5) is 34.3. The first-order valence-corrected chi connectivity index (χ1v) is 8.96. The number of amidine groups is 1. The normalized spacial score (nSPS) is 15.8. The molecule has 9 nitrogen and oxygen atoms in total. The Morgan fingerprint density at radius 2 is 2.21 bits per heavy atom. The van der Waals surface area contributed by atoms with Crippen LogP contribution >= 0.6 is 0 Å². The minimum absolute atomic E-state index is 0.185. The second-order valence-corrected chi connectivity index (χ2v) is 6.39. The number of carbonyl (C=O) groups is 2. The summed E-state index contributed by atoms with van der Waals surface area (Å²) in [6, 6.07) is 6.96. The van der Waals surface area contributed by atoms with Gasteiger partial charge in [0.15, 0.2) is 23.9 Å². The molecule has 3 N–H and O–H groups in total. The van der Waals surface area contributed by atoms with Gasteiger partial charge in [-0.05, 0) is 24.3 Å². The van der Waals surface area contributed by atoms with Crippen LogP contribution in [0.1, 0.15) is 15.9 Å². The van der Waals surface area contributed by atoms with Gasteiger partial charge in [-0.1, -0.05) is 0 Å². The average Bonchev–Trinajstić information content (AvgIpc) is 3.23. The quantitative estimate of drug-likeness (QED) is 0.558. The highest BCUT2D eigenvalue weighted by atomic mass is 16.5. The highest BCUT2D eigenvalue weighted by Gasteiger charge is 2.33. The van der Waals surface area contributed by atoms with Crippen molar-refractivity contribution in [1.82, 2.24) is 9.88 Å². The fourth-order valence-electron chi connectivity index (χ4n) is 3.28. The van der Waals surface area contributed by atoms with E-state index in [0.717, 1.165) is 11.4 Å². The molecule has 9 heteroatoms. The molecule has 0 unspecified atom stereocenters. The highest BCUT2D eigenvalue weighted by molar-refractivity contribution is 6.11. The van der Waals surface area contributed by atoms with E-state index in [-0.39, 0.29) is 12.4 Å². The lowest BCUT2D eigenvalue weighted by Gasteiger charge is -2.32. The van der Waals surface area contributed by atoms with Gasteiger partial charge in [-0.2, -0.15) is 0 Å². The maximum absolute atomic E-state index is 12.7. The molecular formula is C20H19N5O4. The number of ketones is 1. The Bertz CT molecular complexity index is 1030. The lowest BCUT2D eigenvalue weighted by Crippen LogP contribution is -2.36. The van der Waals surface area contributed by atoms with Gasteiger partial charge in [0.2, 0.25) is 0 Å². The van der Waals surface area contributed by atoms with Crippen LogP contribution in [0.25, 0.3) is 0 Å². The number of allylic oxidation sites excluding steroid dienone is 1. The summed E-state index contributed by atoms with van der Waals surface area (Å²) in [7, 11) is 1.50. The van der Waals surface area contributed by atoms with E-state index < -0.39 is 5.91 Å². The number of pyridine rings is 1. The third-order valence-electron chi connectivity index (χ3n) is 4.54. The van der Waals surface area contributed by atoms with Gasteiger partial charge in [0.05, 0.1) is 19.3 Å². The Labute approximate surface area is 166 Å². The van der Waals surface area contributed by atoms with Crippen molar-refractivity contribution >= 4 is 23.2 Å². The number of nitrogens with zero attached hydrogens (tertiary/aromatic N) is 3. The molecule has 0 saturated heterocycles. The summed E-state index contributed by atoms with van der Waals surface area (Å²) in [5.41, 5.74) is 7.08. The van der Waals surface area contributed by atoms with Crippen molar-refractivity contribution in [1.29, 1.82) is 0 Å². The molecule has 0 radical (unpaired) electrons. The van der Waals surface area contributed by atoms with Crippen molar-refractivity contribution in [2.75, 3.05) is 32.1 Å². The molecule has 29 heavy (non-hydrogen) atoms. The monoisotopic (exact) mass is 393 g/mol. The largest absolute Gasteiger partial charge is 0.491 e. The van der Waals surface area contributed by atoms with E-state index >= 15 is 0 Å². The number of hydrogen-bond donors (Lipinski definition) is 2. The first-order valence-electron chi connectivity index (χ1n) is 8.96. The fraction of sp³-hybridized carbons (Fsp3) is 0.200. The summed E-state index contributed by atoms with van der Waals surface area (Å²) in [5.74, 6) is 1.30. The molecule has 0 aliphatic carbocycles. The minimum Gasteiger partial charge on any atom is -0.491 e. The van der Waals surface area contributed by atoms with E-state index in [4.69, 9.17) is 15.2 Å². The Morgan fingerprint density at radius 1 is 1.34 bits per heavy atom. The van der Waals surface area contributed by atoms with Gasteiger partial charge >= 0.3 is 0 Å². The smallest absolute Gasteiger partial charge is 0.255 e. The predicted molar refractivity (Wildman–Crippen MR) is 106 cm³/mol. The summed E-state index contributed by atoms with van der Waals surface area (Å²) >= 11 is 0. The first-order chi connectivity index (χ1) is 14.1. The summed E-state index contributed by atoms with van der Waals surface area (Å²) in [6.45, 7) is 0.984. The van der Waals surface area contributed by atoms with E-state index in [1.165, 1.54) is 19.4 Å². The number of amides is 1. The molecule has 4 rings (SSSR count). The van der Waals surface area contributed by atoms with Crippen molar-refractivity contribution in [3.63, 3.8) is 0 Å². The number of ether oxygens (including phenoxy) is 2. The number of hydrogen-bond acceptors (Lipinski definition) is 8. The van der Waals surface area contributed by atoms with Crippen molar-refractivity contribution in [2.24, 2.45) is 10.7 Å². The number of primary amides is 1. The lowest BCUT2D eigenvalue weighted by atomic mass is 10.1. The lowest BCUT2D eigenvalue weighted by molar-refractivity contribution is -0.119. The van der Waals surface area contributed by atoms with Crippen LogP contribution < -0.4 is 20.5 Å². The molecule has 0 bridgehead atoms. The second-order valence-electron chi connectivity index (χ2n) is 6.39. The van der Waals surface area contributed by atoms with E-state index in [0.29, 0.717) is 41.7 Å². The molecule has 2 aliphatic heterocycles. The van der Waals surface area contributed by atoms with Crippen LogP contribution in [0.15, 0.2) is 53.5 Å². The van der Waals surface area contributed by atoms with Crippen molar-refractivity contribution in [2.45, 2.75) is 0 Å². The molecule has 2 aromatic rings. The number of fused-ring (bicyclic) bond motifs is 3. The molecule has 0 saturated carbocycles. The van der Waals surface area contributed by atoms with Crippen LogP contribution in [-0.2, 0) is 4.79 Å². The topological polar surface area (TPSA) is 119 Å². The highest BCUT2D eigenvalue weighted by Crippen LogP contribution is 2.42. The van der Waals surface area contributed by atoms with Gasteiger partial charge in [-0.15, -0.1) is 0 Å². The van der Waals surface area contributed by atoms with E-state index in [1.54, 1.807) is 24.4 Å². The predicted octanol–water partition coefficient (Wildman–Crippen LogP) is 1.17. The number of nitrogens with two attached hydrogens (primary N) is 1. The van der Waals surface area contributed by atoms with Crippen LogP contribution in [0.4, 0.5) is 5.69 Å². The third-order valence-corrected chi connectivity index (χ3v) is 4.54. The number of aromatic nitrogens is 1. The molecule has 0 spiro atoms. The van der Waals surface area contributed by atoms with Crippen LogP contribution in [0.3, 0.4) is 0 Å². The molecule has 1 aromatic carbocycles. The molecule has 0 atom stereocenters. The molecule has 1 amide bonds. The van der Waals surface area contributed by atoms with Crippen molar-refractivity contribution in [3.05, 3.63) is 59.7 Å². The first kappa shape index (κ1) is 18.5. The number of carbonyl (C=O) groups excluding carboxylic acids is 2. The maximum Gasteiger partial charge on any atom is 0.255 e. The zero-order valence-corrected chi connectivity index (χ0v) is 15.7. The van der Waals surface area contributed by atoms with Crippen molar-refractivity contribution in [3.8, 4) is 11.5 Å². The van der Waals surface area contributed by atoms with Gasteiger partial charge in [-0.25, -0.2) is 0 Å². The number of aliphatic imine (C=N–C) groups is 1. The molecule has 148 valence electrons. The minimum atomic E-state index is -0.591. The van der Waals surface area contributed by atoms with E-state index in [9.17, 15) is 9.59 Å². The standard InChI is InChI=1S/C20H19N5O4/c1-28-19-15(29-11-16(21)27)5-4-13-18(19)24-17(25-8-7-23-20(13)25)9-14(26)12-3-2-6-22-10-12/h2-6,9-10,24H,7-8,11H2,1H3,(H2,21,27)/b17-9+. The Hall–Kier alpha value is -3.88. The molecule has 1 aromatic heterocycles. The maximum atomic E-state index is 12.7. The SMILES string of the molecule is COc1c(OCC(N)=O)ccc2c1N/C(=C\C(=O)c1cccnc1)N1CCN=C21. The Balaban J connectivity index is 1.74. The number of rotatable bonds is 6. The van der Waals surface area contributed by atoms with E-state index in [2.05, 4.69) is 15.3 Å². The zero-order chi connectivity index (χ0) is 20.4. The van der Waals surface area contributed by atoms with Gasteiger partial charge in [0.1, 0.15) is 11.7 Å². The van der Waals surface area contributed by atoms with Gasteiger partial charge < -0.3 is 25.4 Å².